The van der Waals surface area contributed by atoms with Gasteiger partial charge in [-0.15, -0.1) is 18.2 Å². The molecule has 0 bridgehead atoms. The lowest BCUT2D eigenvalue weighted by Gasteiger charge is -2.16. The van der Waals surface area contributed by atoms with Crippen molar-refractivity contribution in [3.8, 4) is 0 Å². The van der Waals surface area contributed by atoms with Crippen LogP contribution in [0.5, 0.6) is 0 Å². The number of carbonyl (C=O) groups is 1. The van der Waals surface area contributed by atoms with E-state index in [0.717, 1.165) is 25.8 Å². The van der Waals surface area contributed by atoms with Gasteiger partial charge in [0, 0.05) is 25.9 Å². The van der Waals surface area contributed by atoms with Gasteiger partial charge < -0.3 is 4.90 Å². The molecule has 0 aromatic heterocycles. The monoisotopic (exact) mass is 203 g/mol. The van der Waals surface area contributed by atoms with Gasteiger partial charge in [0.25, 0.3) is 0 Å². The molecule has 0 aliphatic carbocycles. The van der Waals surface area contributed by atoms with Crippen molar-refractivity contribution < 1.29 is 4.79 Å². The van der Waals surface area contributed by atoms with Crippen LogP contribution in [0.1, 0.15) is 25.7 Å². The molecular formula is C10H18ClNO. The van der Waals surface area contributed by atoms with E-state index in [0.29, 0.717) is 12.3 Å². The lowest BCUT2D eigenvalue weighted by Crippen LogP contribution is -2.27. The highest BCUT2D eigenvalue weighted by atomic mass is 35.5. The van der Waals surface area contributed by atoms with Crippen molar-refractivity contribution in [3.63, 3.8) is 0 Å². The first kappa shape index (κ1) is 12.5. The van der Waals surface area contributed by atoms with Crippen LogP contribution in [0.3, 0.4) is 0 Å². The highest BCUT2D eigenvalue weighted by Crippen LogP contribution is 1.99. The molecule has 0 aromatic rings. The van der Waals surface area contributed by atoms with Gasteiger partial charge in [-0.1, -0.05) is 6.08 Å². The topological polar surface area (TPSA) is 20.3 Å². The second kappa shape index (κ2) is 8.11. The molecule has 1 amide bonds. The Kier molecular flexibility index (Phi) is 7.80. The highest BCUT2D eigenvalue weighted by Gasteiger charge is 2.06. The summed E-state index contributed by atoms with van der Waals surface area (Å²) >= 11 is 5.49. The quantitative estimate of drug-likeness (QED) is 0.354. The summed E-state index contributed by atoms with van der Waals surface area (Å²) < 4.78 is 0. The molecule has 2 nitrogen and oxygen atoms in total. The predicted octanol–water partition coefficient (Wildman–Crippen LogP) is 2.43. The number of hydrogen-bond acceptors (Lipinski definition) is 1. The smallest absolute Gasteiger partial charge is 0.222 e. The Morgan fingerprint density at radius 3 is 2.77 bits per heavy atom. The van der Waals surface area contributed by atoms with Crippen LogP contribution in [-0.2, 0) is 4.79 Å². The van der Waals surface area contributed by atoms with Crippen LogP contribution in [0.25, 0.3) is 0 Å². The van der Waals surface area contributed by atoms with Crippen LogP contribution in [0, 0.1) is 0 Å². The standard InChI is InChI=1S/C10H18ClNO/c1-3-4-5-9-12(2)10(13)7-6-8-11/h3H,1,4-9H2,2H3. The summed E-state index contributed by atoms with van der Waals surface area (Å²) in [6.45, 7) is 4.44. The summed E-state index contributed by atoms with van der Waals surface area (Å²) in [6.07, 6.45) is 5.16. The Bertz CT molecular complexity index is 159. The summed E-state index contributed by atoms with van der Waals surface area (Å²) in [4.78, 5) is 13.1. The number of hydrogen-bond donors (Lipinski definition) is 0. The van der Waals surface area contributed by atoms with Crippen LogP contribution in [-0.4, -0.2) is 30.3 Å². The first-order valence-corrected chi connectivity index (χ1v) is 5.16. The predicted molar refractivity (Wildman–Crippen MR) is 57.0 cm³/mol. The largest absolute Gasteiger partial charge is 0.346 e. The summed E-state index contributed by atoms with van der Waals surface area (Å²) in [5.41, 5.74) is 0. The third-order valence-corrected chi connectivity index (χ3v) is 2.12. The van der Waals surface area contributed by atoms with Gasteiger partial charge in [-0.3, -0.25) is 4.79 Å². The summed E-state index contributed by atoms with van der Waals surface area (Å²) in [5, 5.41) is 0. The number of allylic oxidation sites excluding steroid dienone is 1. The van der Waals surface area contributed by atoms with Crippen molar-refractivity contribution in [2.45, 2.75) is 25.7 Å². The molecule has 0 aliphatic heterocycles. The number of amides is 1. The van der Waals surface area contributed by atoms with Crippen molar-refractivity contribution in [1.82, 2.24) is 4.90 Å². The number of halogens is 1. The maximum Gasteiger partial charge on any atom is 0.222 e. The van der Waals surface area contributed by atoms with E-state index in [1.807, 2.05) is 13.1 Å². The molecule has 0 saturated heterocycles. The Labute approximate surface area is 85.6 Å². The molecule has 0 heterocycles. The molecule has 0 aromatic carbocycles. The number of unbranched alkanes of at least 4 members (excludes halogenated alkanes) is 1. The van der Waals surface area contributed by atoms with Crippen molar-refractivity contribution >= 4 is 17.5 Å². The average Bonchev–Trinajstić information content (AvgIpc) is 2.14. The van der Waals surface area contributed by atoms with E-state index in [1.165, 1.54) is 0 Å². The van der Waals surface area contributed by atoms with Crippen LogP contribution >= 0.6 is 11.6 Å². The summed E-state index contributed by atoms with van der Waals surface area (Å²) in [6, 6.07) is 0. The minimum atomic E-state index is 0.185. The van der Waals surface area contributed by atoms with Gasteiger partial charge in [-0.2, -0.15) is 0 Å². The molecule has 0 aliphatic rings. The maximum atomic E-state index is 11.3. The van der Waals surface area contributed by atoms with Gasteiger partial charge in [0.2, 0.25) is 5.91 Å². The van der Waals surface area contributed by atoms with Crippen LogP contribution < -0.4 is 0 Å². The normalized spacial score (nSPS) is 9.69. The lowest BCUT2D eigenvalue weighted by molar-refractivity contribution is -0.129. The molecule has 76 valence electrons. The lowest BCUT2D eigenvalue weighted by atomic mass is 10.2. The maximum absolute atomic E-state index is 11.3. The van der Waals surface area contributed by atoms with E-state index in [-0.39, 0.29) is 5.91 Å². The summed E-state index contributed by atoms with van der Waals surface area (Å²) in [7, 11) is 1.83. The molecular weight excluding hydrogens is 186 g/mol. The van der Waals surface area contributed by atoms with Crippen molar-refractivity contribution in [3.05, 3.63) is 12.7 Å². The third kappa shape index (κ3) is 6.64. The highest BCUT2D eigenvalue weighted by molar-refractivity contribution is 6.17. The average molecular weight is 204 g/mol. The van der Waals surface area contributed by atoms with Crippen LogP contribution in [0.4, 0.5) is 0 Å². The molecule has 0 spiro atoms. The summed E-state index contributed by atoms with van der Waals surface area (Å²) in [5.74, 6) is 0.747. The first-order valence-electron chi connectivity index (χ1n) is 4.63. The van der Waals surface area contributed by atoms with Crippen LogP contribution in [0.2, 0.25) is 0 Å². The third-order valence-electron chi connectivity index (χ3n) is 1.85. The van der Waals surface area contributed by atoms with Crippen LogP contribution in [0.15, 0.2) is 12.7 Å². The van der Waals surface area contributed by atoms with Gasteiger partial charge in [-0.25, -0.2) is 0 Å². The Morgan fingerprint density at radius 1 is 1.54 bits per heavy atom. The fourth-order valence-electron chi connectivity index (χ4n) is 1.01. The zero-order valence-corrected chi connectivity index (χ0v) is 9.02. The molecule has 0 unspecified atom stereocenters. The minimum absolute atomic E-state index is 0.185. The Balaban J connectivity index is 3.50. The first-order chi connectivity index (χ1) is 6.22. The molecule has 3 heteroatoms. The number of nitrogens with zero attached hydrogens (tertiary/aromatic N) is 1. The van der Waals surface area contributed by atoms with Crippen molar-refractivity contribution in [2.24, 2.45) is 0 Å². The second-order valence-corrected chi connectivity index (χ2v) is 3.42. The minimum Gasteiger partial charge on any atom is -0.346 e. The molecule has 13 heavy (non-hydrogen) atoms. The van der Waals surface area contributed by atoms with Gasteiger partial charge >= 0.3 is 0 Å². The molecule has 0 radical (unpaired) electrons. The Hall–Kier alpha value is -0.500. The van der Waals surface area contributed by atoms with E-state index < -0.39 is 0 Å². The van der Waals surface area contributed by atoms with E-state index in [4.69, 9.17) is 11.6 Å². The van der Waals surface area contributed by atoms with Crippen molar-refractivity contribution in [1.29, 1.82) is 0 Å². The number of carbonyl (C=O) groups excluding carboxylic acids is 1. The molecule has 0 atom stereocenters. The molecule has 0 saturated carbocycles. The van der Waals surface area contributed by atoms with Gasteiger partial charge in [0.05, 0.1) is 0 Å². The fraction of sp³-hybridized carbons (Fsp3) is 0.700. The zero-order chi connectivity index (χ0) is 10.1. The second-order valence-electron chi connectivity index (χ2n) is 3.04. The number of rotatable bonds is 7. The van der Waals surface area contributed by atoms with E-state index in [2.05, 4.69) is 6.58 Å². The van der Waals surface area contributed by atoms with E-state index in [1.54, 1.807) is 4.90 Å². The number of alkyl halides is 1. The SMILES string of the molecule is C=CCCCN(C)C(=O)CCCCl. The Morgan fingerprint density at radius 2 is 2.23 bits per heavy atom. The van der Waals surface area contributed by atoms with E-state index in [9.17, 15) is 4.79 Å². The fourth-order valence-corrected chi connectivity index (χ4v) is 1.14. The molecule has 0 fully saturated rings. The van der Waals surface area contributed by atoms with Gasteiger partial charge in [-0.05, 0) is 19.3 Å². The molecule has 0 N–H and O–H groups in total. The van der Waals surface area contributed by atoms with Gasteiger partial charge in [0.15, 0.2) is 0 Å². The zero-order valence-electron chi connectivity index (χ0n) is 8.26. The van der Waals surface area contributed by atoms with Crippen molar-refractivity contribution in [2.75, 3.05) is 19.5 Å². The molecule has 0 rings (SSSR count). The van der Waals surface area contributed by atoms with E-state index >= 15 is 0 Å². The van der Waals surface area contributed by atoms with Gasteiger partial charge in [0.1, 0.15) is 0 Å².